The van der Waals surface area contributed by atoms with E-state index < -0.39 is 16.1 Å². The van der Waals surface area contributed by atoms with E-state index in [0.717, 1.165) is 5.56 Å². The van der Waals surface area contributed by atoms with Crippen LogP contribution in [0.2, 0.25) is 0 Å². The Morgan fingerprint density at radius 3 is 2.38 bits per heavy atom. The number of aryl methyl sites for hydroxylation is 3. The molecule has 26 heavy (non-hydrogen) atoms. The van der Waals surface area contributed by atoms with Crippen molar-refractivity contribution in [2.75, 3.05) is 0 Å². The second-order valence-electron chi connectivity index (χ2n) is 6.27. The zero-order chi connectivity index (χ0) is 18.9. The van der Waals surface area contributed by atoms with Gasteiger partial charge in [0, 0.05) is 19.4 Å². The van der Waals surface area contributed by atoms with Crippen LogP contribution in [0.4, 0.5) is 4.39 Å². The number of sulfonamides is 1. The Kier molecular flexibility index (Phi) is 4.93. The van der Waals surface area contributed by atoms with E-state index in [-0.39, 0.29) is 10.7 Å². The fourth-order valence-corrected chi connectivity index (χ4v) is 4.31. The van der Waals surface area contributed by atoms with E-state index in [4.69, 9.17) is 0 Å². The lowest BCUT2D eigenvalue weighted by Gasteiger charge is -2.20. The van der Waals surface area contributed by atoms with E-state index >= 15 is 0 Å². The number of benzene rings is 2. The molecule has 136 valence electrons. The minimum Gasteiger partial charge on any atom is -0.336 e. The molecular formula is C19H20FN3O2S. The molecule has 0 saturated carbocycles. The molecule has 1 heterocycles. The third-order valence-corrected chi connectivity index (χ3v) is 5.80. The number of hydrogen-bond acceptors (Lipinski definition) is 3. The molecular weight excluding hydrogens is 353 g/mol. The summed E-state index contributed by atoms with van der Waals surface area (Å²) in [6, 6.07) is 10.2. The molecule has 0 bridgehead atoms. The van der Waals surface area contributed by atoms with E-state index in [9.17, 15) is 12.8 Å². The molecule has 0 fully saturated rings. The van der Waals surface area contributed by atoms with Crippen LogP contribution >= 0.6 is 0 Å². The Hall–Kier alpha value is -2.51. The third-order valence-electron chi connectivity index (χ3n) is 4.21. The van der Waals surface area contributed by atoms with Crippen molar-refractivity contribution in [1.29, 1.82) is 0 Å². The monoisotopic (exact) mass is 373 g/mol. The van der Waals surface area contributed by atoms with Gasteiger partial charge in [-0.3, -0.25) is 0 Å². The van der Waals surface area contributed by atoms with Gasteiger partial charge in [-0.25, -0.2) is 17.8 Å². The fraction of sp³-hybridized carbons (Fsp3) is 0.211. The van der Waals surface area contributed by atoms with Crippen LogP contribution in [-0.4, -0.2) is 18.0 Å². The topological polar surface area (TPSA) is 64.0 Å². The molecule has 0 aliphatic rings. The first kappa shape index (κ1) is 18.3. The number of nitrogens with zero attached hydrogens (tertiary/aromatic N) is 2. The molecule has 0 aliphatic heterocycles. The van der Waals surface area contributed by atoms with Gasteiger partial charge in [-0.05, 0) is 43.2 Å². The SMILES string of the molecule is Cc1ccc(S(=O)(=O)N[C@@H](c2ccc(F)cc2)c2nccn2C)c(C)c1. The van der Waals surface area contributed by atoms with Crippen molar-refractivity contribution < 1.29 is 12.8 Å². The molecule has 3 aromatic rings. The number of rotatable bonds is 5. The Balaban J connectivity index is 2.05. The average molecular weight is 373 g/mol. The molecule has 0 saturated heterocycles. The number of imidazole rings is 1. The first-order chi connectivity index (χ1) is 12.3. The predicted molar refractivity (Wildman–Crippen MR) is 97.7 cm³/mol. The van der Waals surface area contributed by atoms with Crippen LogP contribution in [0.3, 0.4) is 0 Å². The second-order valence-corrected chi connectivity index (χ2v) is 7.95. The van der Waals surface area contributed by atoms with Crippen molar-refractivity contribution in [3.05, 3.63) is 83.2 Å². The van der Waals surface area contributed by atoms with Gasteiger partial charge in [0.05, 0.1) is 4.90 Å². The minimum absolute atomic E-state index is 0.212. The quantitative estimate of drug-likeness (QED) is 0.747. The first-order valence-electron chi connectivity index (χ1n) is 8.10. The van der Waals surface area contributed by atoms with E-state index in [0.29, 0.717) is 17.0 Å². The maximum absolute atomic E-state index is 13.3. The van der Waals surface area contributed by atoms with Gasteiger partial charge in [0.15, 0.2) is 0 Å². The highest BCUT2D eigenvalue weighted by atomic mass is 32.2. The lowest BCUT2D eigenvalue weighted by Crippen LogP contribution is -2.31. The van der Waals surface area contributed by atoms with Gasteiger partial charge >= 0.3 is 0 Å². The molecule has 0 aliphatic carbocycles. The lowest BCUT2D eigenvalue weighted by molar-refractivity contribution is 0.561. The van der Waals surface area contributed by atoms with Gasteiger partial charge in [0.2, 0.25) is 10.0 Å². The average Bonchev–Trinajstić information content (AvgIpc) is 2.99. The first-order valence-corrected chi connectivity index (χ1v) is 9.58. The molecule has 1 aromatic heterocycles. The molecule has 2 aromatic carbocycles. The second kappa shape index (κ2) is 7.01. The lowest BCUT2D eigenvalue weighted by atomic mass is 10.1. The highest BCUT2D eigenvalue weighted by molar-refractivity contribution is 7.89. The van der Waals surface area contributed by atoms with Crippen LogP contribution in [0.15, 0.2) is 59.8 Å². The van der Waals surface area contributed by atoms with E-state index in [1.807, 2.05) is 13.0 Å². The summed E-state index contributed by atoms with van der Waals surface area (Å²) in [6.45, 7) is 3.67. The zero-order valence-electron chi connectivity index (χ0n) is 14.8. The Bertz CT molecular complexity index is 1030. The normalized spacial score (nSPS) is 12.9. The predicted octanol–water partition coefficient (Wildman–Crippen LogP) is 3.24. The number of hydrogen-bond donors (Lipinski definition) is 1. The van der Waals surface area contributed by atoms with Crippen molar-refractivity contribution >= 4 is 10.0 Å². The summed E-state index contributed by atoms with van der Waals surface area (Å²) in [6.07, 6.45) is 3.33. The molecule has 5 nitrogen and oxygen atoms in total. The smallest absolute Gasteiger partial charge is 0.241 e. The Labute approximate surface area is 152 Å². The third kappa shape index (κ3) is 3.68. The number of nitrogens with one attached hydrogen (secondary N) is 1. The molecule has 0 unspecified atom stereocenters. The summed E-state index contributed by atoms with van der Waals surface area (Å²) >= 11 is 0. The molecule has 7 heteroatoms. The summed E-state index contributed by atoms with van der Waals surface area (Å²) in [5.41, 5.74) is 2.25. The Morgan fingerprint density at radius 2 is 1.81 bits per heavy atom. The summed E-state index contributed by atoms with van der Waals surface area (Å²) in [5, 5.41) is 0. The molecule has 3 rings (SSSR count). The van der Waals surface area contributed by atoms with Crippen molar-refractivity contribution in [3.8, 4) is 0 Å². The van der Waals surface area contributed by atoms with Crippen molar-refractivity contribution in [3.63, 3.8) is 0 Å². The number of halogens is 1. The van der Waals surface area contributed by atoms with Crippen LogP contribution in [0.5, 0.6) is 0 Å². The zero-order valence-corrected chi connectivity index (χ0v) is 15.6. The summed E-state index contributed by atoms with van der Waals surface area (Å²) in [7, 11) is -2.02. The maximum atomic E-state index is 13.3. The summed E-state index contributed by atoms with van der Waals surface area (Å²) < 4.78 is 43.8. The van der Waals surface area contributed by atoms with Crippen LogP contribution in [0.25, 0.3) is 0 Å². The van der Waals surface area contributed by atoms with Crippen LogP contribution in [0.1, 0.15) is 28.6 Å². The highest BCUT2D eigenvalue weighted by Gasteiger charge is 2.26. The van der Waals surface area contributed by atoms with E-state index in [2.05, 4.69) is 9.71 Å². The largest absolute Gasteiger partial charge is 0.336 e. The van der Waals surface area contributed by atoms with Crippen LogP contribution < -0.4 is 4.72 Å². The summed E-state index contributed by atoms with van der Waals surface area (Å²) in [5.74, 6) is 0.134. The van der Waals surface area contributed by atoms with Crippen LogP contribution in [-0.2, 0) is 17.1 Å². The standard InChI is InChI=1S/C19H20FN3O2S/c1-13-4-9-17(14(2)12-13)26(24,25)22-18(19-21-10-11-23(19)3)15-5-7-16(20)8-6-15/h4-12,18,22H,1-3H3/t18-/m0/s1. The van der Waals surface area contributed by atoms with Crippen molar-refractivity contribution in [1.82, 2.24) is 14.3 Å². The number of aromatic nitrogens is 2. The van der Waals surface area contributed by atoms with Gasteiger partial charge in [0.25, 0.3) is 0 Å². The highest BCUT2D eigenvalue weighted by Crippen LogP contribution is 2.25. The fourth-order valence-electron chi connectivity index (χ4n) is 2.90. The molecule has 1 N–H and O–H groups in total. The van der Waals surface area contributed by atoms with Crippen LogP contribution in [0, 0.1) is 19.7 Å². The molecule has 0 spiro atoms. The minimum atomic E-state index is -3.81. The van der Waals surface area contributed by atoms with Gasteiger partial charge in [-0.2, -0.15) is 4.72 Å². The maximum Gasteiger partial charge on any atom is 0.241 e. The summed E-state index contributed by atoms with van der Waals surface area (Å²) in [4.78, 5) is 4.48. The molecule has 0 amide bonds. The Morgan fingerprint density at radius 1 is 1.12 bits per heavy atom. The van der Waals surface area contributed by atoms with Crippen molar-refractivity contribution in [2.45, 2.75) is 24.8 Å². The molecule has 0 radical (unpaired) electrons. The van der Waals surface area contributed by atoms with Gasteiger partial charge in [-0.15, -0.1) is 0 Å². The molecule has 1 atom stereocenters. The van der Waals surface area contributed by atoms with E-state index in [1.165, 1.54) is 12.1 Å². The van der Waals surface area contributed by atoms with Gasteiger partial charge in [0.1, 0.15) is 17.7 Å². The van der Waals surface area contributed by atoms with Gasteiger partial charge in [-0.1, -0.05) is 29.8 Å². The van der Waals surface area contributed by atoms with E-state index in [1.54, 1.807) is 55.2 Å². The van der Waals surface area contributed by atoms with Crippen molar-refractivity contribution in [2.24, 2.45) is 7.05 Å². The van der Waals surface area contributed by atoms with Gasteiger partial charge < -0.3 is 4.57 Å².